The molecule has 1 saturated heterocycles. The van der Waals surface area contributed by atoms with Crippen molar-refractivity contribution in [3.63, 3.8) is 0 Å². The highest BCUT2D eigenvalue weighted by Crippen LogP contribution is 2.64. The molecule has 1 saturated carbocycles. The van der Waals surface area contributed by atoms with Crippen LogP contribution in [-0.4, -0.2) is 47.3 Å². The second kappa shape index (κ2) is 5.64. The minimum atomic E-state index is -2.69. The van der Waals surface area contributed by atoms with Gasteiger partial charge in [0, 0.05) is 30.4 Å². The zero-order valence-electron chi connectivity index (χ0n) is 13.5. The van der Waals surface area contributed by atoms with Gasteiger partial charge in [0.2, 0.25) is 5.91 Å². The summed E-state index contributed by atoms with van der Waals surface area (Å²) in [6, 6.07) is 4.23. The number of aromatic amines is 1. The lowest BCUT2D eigenvalue weighted by Crippen LogP contribution is -2.39. The second-order valence-electron chi connectivity index (χ2n) is 6.92. The van der Waals surface area contributed by atoms with Crippen LogP contribution < -0.4 is 5.32 Å². The van der Waals surface area contributed by atoms with Gasteiger partial charge in [-0.2, -0.15) is 0 Å². The number of fused-ring (bicyclic) bond motifs is 1. The second-order valence-corrected chi connectivity index (χ2v) is 7.32. The number of hydrogen-bond acceptors (Lipinski definition) is 2. The van der Waals surface area contributed by atoms with E-state index in [9.17, 15) is 22.8 Å². The minimum absolute atomic E-state index is 0.0187. The zero-order chi connectivity index (χ0) is 18.7. The van der Waals surface area contributed by atoms with Crippen molar-refractivity contribution in [1.82, 2.24) is 15.2 Å². The first-order chi connectivity index (χ1) is 12.2. The summed E-state index contributed by atoms with van der Waals surface area (Å²) < 4.78 is 40.7. The maximum Gasteiger partial charge on any atom is 0.268 e. The van der Waals surface area contributed by atoms with Crippen molar-refractivity contribution in [2.24, 2.45) is 5.41 Å². The molecule has 1 aliphatic carbocycles. The summed E-state index contributed by atoms with van der Waals surface area (Å²) in [4.78, 5) is 28.5. The number of benzene rings is 1. The topological polar surface area (TPSA) is 65.2 Å². The maximum absolute atomic E-state index is 13.9. The smallest absolute Gasteiger partial charge is 0.268 e. The molecule has 1 atom stereocenters. The number of H-pyrrole nitrogens is 1. The molecule has 5 nitrogen and oxygen atoms in total. The van der Waals surface area contributed by atoms with Gasteiger partial charge in [-0.05, 0) is 24.6 Å². The lowest BCUT2D eigenvalue weighted by atomic mass is 10.1. The van der Waals surface area contributed by atoms with E-state index in [0.717, 1.165) is 0 Å². The third kappa shape index (κ3) is 2.63. The predicted molar refractivity (Wildman–Crippen MR) is 88.8 cm³/mol. The minimum Gasteiger partial charge on any atom is -0.350 e. The summed E-state index contributed by atoms with van der Waals surface area (Å²) in [5.41, 5.74) is -0.581. The number of likely N-dealkylation sites (tertiary alicyclic amines) is 1. The van der Waals surface area contributed by atoms with Crippen LogP contribution in [-0.2, 0) is 4.79 Å². The molecule has 138 valence electrons. The molecule has 1 aromatic carbocycles. The molecule has 2 heterocycles. The van der Waals surface area contributed by atoms with Gasteiger partial charge in [0.1, 0.15) is 5.69 Å². The fourth-order valence-electron chi connectivity index (χ4n) is 3.54. The Morgan fingerprint density at radius 2 is 2.08 bits per heavy atom. The van der Waals surface area contributed by atoms with Crippen LogP contribution in [0.2, 0.25) is 5.02 Å². The SMILES string of the molecule is O=C(NCC(=O)N1CCC2(C1)CC2(F)F)c1cc2c(F)c(Cl)ccc2[nH]1. The molecule has 1 aliphatic heterocycles. The third-order valence-corrected chi connectivity index (χ3v) is 5.55. The van der Waals surface area contributed by atoms with Crippen LogP contribution in [0.3, 0.4) is 0 Å². The van der Waals surface area contributed by atoms with E-state index < -0.39 is 29.0 Å². The van der Waals surface area contributed by atoms with Crippen LogP contribution in [0.4, 0.5) is 13.2 Å². The van der Waals surface area contributed by atoms with Crippen LogP contribution >= 0.6 is 11.6 Å². The molecule has 2 fully saturated rings. The average Bonchev–Trinajstić information content (AvgIpc) is 2.99. The first kappa shape index (κ1) is 17.2. The van der Waals surface area contributed by atoms with Crippen LogP contribution in [0, 0.1) is 11.2 Å². The van der Waals surface area contributed by atoms with Gasteiger partial charge in [0.05, 0.1) is 17.0 Å². The van der Waals surface area contributed by atoms with E-state index in [1.165, 1.54) is 17.0 Å². The quantitative estimate of drug-likeness (QED) is 0.853. The molecule has 2 aliphatic rings. The summed E-state index contributed by atoms with van der Waals surface area (Å²) >= 11 is 5.71. The third-order valence-electron chi connectivity index (χ3n) is 5.25. The van der Waals surface area contributed by atoms with Crippen molar-refractivity contribution in [3.8, 4) is 0 Å². The predicted octanol–water partition coefficient (Wildman–Crippen LogP) is 2.95. The molecule has 4 rings (SSSR count). The van der Waals surface area contributed by atoms with E-state index in [1.54, 1.807) is 6.07 Å². The Balaban J connectivity index is 1.38. The molecule has 0 radical (unpaired) electrons. The maximum atomic E-state index is 13.9. The Kier molecular flexibility index (Phi) is 3.73. The van der Waals surface area contributed by atoms with Gasteiger partial charge in [-0.3, -0.25) is 9.59 Å². The fourth-order valence-corrected chi connectivity index (χ4v) is 3.70. The first-order valence-electron chi connectivity index (χ1n) is 8.13. The Hall–Kier alpha value is -2.22. The number of nitrogens with zero attached hydrogens (tertiary/aromatic N) is 1. The normalized spacial score (nSPS) is 23.6. The number of rotatable bonds is 3. The summed E-state index contributed by atoms with van der Waals surface area (Å²) in [5, 5.41) is 2.55. The number of carbonyl (C=O) groups excluding carboxylic acids is 2. The number of carbonyl (C=O) groups is 2. The van der Waals surface area contributed by atoms with Crippen LogP contribution in [0.25, 0.3) is 10.9 Å². The van der Waals surface area contributed by atoms with E-state index in [1.807, 2.05) is 0 Å². The highest BCUT2D eigenvalue weighted by molar-refractivity contribution is 6.31. The van der Waals surface area contributed by atoms with E-state index >= 15 is 0 Å². The van der Waals surface area contributed by atoms with Gasteiger partial charge in [0.25, 0.3) is 11.8 Å². The van der Waals surface area contributed by atoms with Crippen molar-refractivity contribution in [3.05, 3.63) is 34.7 Å². The van der Waals surface area contributed by atoms with Gasteiger partial charge in [-0.1, -0.05) is 11.6 Å². The number of alkyl halides is 2. The fraction of sp³-hybridized carbons (Fsp3) is 0.412. The first-order valence-corrected chi connectivity index (χ1v) is 8.51. The van der Waals surface area contributed by atoms with Crippen LogP contribution in [0.5, 0.6) is 0 Å². The lowest BCUT2D eigenvalue weighted by Gasteiger charge is -2.16. The molecule has 2 amide bonds. The average molecular weight is 386 g/mol. The molecule has 26 heavy (non-hydrogen) atoms. The number of hydrogen-bond donors (Lipinski definition) is 2. The summed E-state index contributed by atoms with van der Waals surface area (Å²) in [6.45, 7) is -0.0235. The Bertz CT molecular complexity index is 929. The monoisotopic (exact) mass is 385 g/mol. The van der Waals surface area contributed by atoms with Crippen molar-refractivity contribution >= 4 is 34.3 Å². The molecule has 2 N–H and O–H groups in total. The van der Waals surface area contributed by atoms with Crippen LogP contribution in [0.15, 0.2) is 18.2 Å². The molecule has 9 heteroatoms. The number of amides is 2. The Morgan fingerprint density at radius 1 is 1.35 bits per heavy atom. The van der Waals surface area contributed by atoms with E-state index in [0.29, 0.717) is 5.52 Å². The number of aromatic nitrogens is 1. The molecular weight excluding hydrogens is 371 g/mol. The summed E-state index contributed by atoms with van der Waals surface area (Å²) in [7, 11) is 0. The van der Waals surface area contributed by atoms with Gasteiger partial charge < -0.3 is 15.2 Å². The van der Waals surface area contributed by atoms with Crippen molar-refractivity contribution in [2.75, 3.05) is 19.6 Å². The highest BCUT2D eigenvalue weighted by Gasteiger charge is 2.72. The largest absolute Gasteiger partial charge is 0.350 e. The zero-order valence-corrected chi connectivity index (χ0v) is 14.3. The summed E-state index contributed by atoms with van der Waals surface area (Å²) in [6.07, 6.45) is 0.0983. The van der Waals surface area contributed by atoms with Gasteiger partial charge >= 0.3 is 0 Å². The van der Waals surface area contributed by atoms with Crippen molar-refractivity contribution < 1.29 is 22.8 Å². The Morgan fingerprint density at radius 3 is 2.73 bits per heavy atom. The van der Waals surface area contributed by atoms with E-state index in [2.05, 4.69) is 10.3 Å². The van der Waals surface area contributed by atoms with Gasteiger partial charge in [-0.25, -0.2) is 13.2 Å². The number of nitrogens with one attached hydrogen (secondary N) is 2. The van der Waals surface area contributed by atoms with Gasteiger partial charge in [-0.15, -0.1) is 0 Å². The standard InChI is InChI=1S/C17H15ClF3N3O2/c18-10-1-2-11-9(14(10)19)5-12(23-11)15(26)22-6-13(25)24-4-3-16(8-24)7-17(16,20)21/h1-2,5,23H,3-4,6-8H2,(H,22,26). The van der Waals surface area contributed by atoms with E-state index in [4.69, 9.17) is 11.6 Å². The molecular formula is C17H15ClF3N3O2. The number of halogens is 4. The lowest BCUT2D eigenvalue weighted by molar-refractivity contribution is -0.129. The molecule has 0 bridgehead atoms. The molecule has 2 aromatic rings. The van der Waals surface area contributed by atoms with Crippen molar-refractivity contribution in [2.45, 2.75) is 18.8 Å². The van der Waals surface area contributed by atoms with E-state index in [-0.39, 0.29) is 48.6 Å². The molecule has 1 unspecified atom stereocenters. The van der Waals surface area contributed by atoms with Crippen LogP contribution in [0.1, 0.15) is 23.3 Å². The Labute approximate surface area is 151 Å². The van der Waals surface area contributed by atoms with Gasteiger partial charge in [0.15, 0.2) is 5.82 Å². The molecule has 1 aromatic heterocycles. The molecule has 1 spiro atoms. The van der Waals surface area contributed by atoms with Crippen molar-refractivity contribution in [1.29, 1.82) is 0 Å². The summed E-state index contributed by atoms with van der Waals surface area (Å²) in [5.74, 6) is -4.33. The highest BCUT2D eigenvalue weighted by atomic mass is 35.5.